The second kappa shape index (κ2) is 7.24. The van der Waals surface area contributed by atoms with Gasteiger partial charge in [-0.25, -0.2) is 0 Å². The lowest BCUT2D eigenvalue weighted by atomic mass is 10.1. The quantitative estimate of drug-likeness (QED) is 0.698. The fourth-order valence-corrected chi connectivity index (χ4v) is 3.07. The average Bonchev–Trinajstić information content (AvgIpc) is 3.03. The summed E-state index contributed by atoms with van der Waals surface area (Å²) in [6, 6.07) is 0. The summed E-state index contributed by atoms with van der Waals surface area (Å²) in [6.07, 6.45) is 3.37. The minimum absolute atomic E-state index is 0.0587. The molecule has 0 aliphatic rings. The van der Waals surface area contributed by atoms with Gasteiger partial charge < -0.3 is 4.90 Å². The molecule has 2 aromatic heterocycles. The van der Waals surface area contributed by atoms with Gasteiger partial charge in [-0.15, -0.1) is 5.10 Å². The SMILES string of the molecule is CCCc1nnsc1C(=O)c1c(Br)cnn1CCN(C)C. The third kappa shape index (κ3) is 3.75. The monoisotopic (exact) mass is 371 g/mol. The van der Waals surface area contributed by atoms with Gasteiger partial charge in [0.1, 0.15) is 10.6 Å². The largest absolute Gasteiger partial charge is 0.308 e. The Labute approximate surface area is 136 Å². The van der Waals surface area contributed by atoms with Crippen molar-refractivity contribution in [3.8, 4) is 0 Å². The predicted molar refractivity (Wildman–Crippen MR) is 85.8 cm³/mol. The molecule has 8 heteroatoms. The lowest BCUT2D eigenvalue weighted by Crippen LogP contribution is -2.21. The molecule has 0 aromatic carbocycles. The van der Waals surface area contributed by atoms with Gasteiger partial charge in [0.15, 0.2) is 0 Å². The zero-order valence-corrected chi connectivity index (χ0v) is 14.7. The molecule has 0 aliphatic heterocycles. The number of aryl methyl sites for hydroxylation is 1. The van der Waals surface area contributed by atoms with E-state index in [-0.39, 0.29) is 5.78 Å². The highest BCUT2D eigenvalue weighted by Crippen LogP contribution is 2.23. The molecule has 2 heterocycles. The first-order chi connectivity index (χ1) is 10.0. The molecule has 2 rings (SSSR count). The molecular weight excluding hydrogens is 354 g/mol. The third-order valence-electron chi connectivity index (χ3n) is 3.02. The Balaban J connectivity index is 2.30. The van der Waals surface area contributed by atoms with E-state index in [9.17, 15) is 4.79 Å². The van der Waals surface area contributed by atoms with Crippen molar-refractivity contribution in [1.29, 1.82) is 0 Å². The Morgan fingerprint density at radius 1 is 1.48 bits per heavy atom. The van der Waals surface area contributed by atoms with Crippen LogP contribution in [0.5, 0.6) is 0 Å². The number of hydrogen-bond donors (Lipinski definition) is 0. The molecule has 0 atom stereocenters. The molecule has 0 radical (unpaired) electrons. The van der Waals surface area contributed by atoms with E-state index in [2.05, 4.69) is 42.4 Å². The summed E-state index contributed by atoms with van der Waals surface area (Å²) in [4.78, 5) is 15.4. The second-order valence-corrected chi connectivity index (χ2v) is 6.60. The normalized spacial score (nSPS) is 11.3. The molecule has 6 nitrogen and oxygen atoms in total. The summed E-state index contributed by atoms with van der Waals surface area (Å²) < 4.78 is 6.37. The number of ketones is 1. The Morgan fingerprint density at radius 2 is 2.24 bits per heavy atom. The van der Waals surface area contributed by atoms with Crippen LogP contribution < -0.4 is 0 Å². The van der Waals surface area contributed by atoms with Crippen molar-refractivity contribution in [1.82, 2.24) is 24.3 Å². The number of hydrogen-bond acceptors (Lipinski definition) is 6. The average molecular weight is 372 g/mol. The van der Waals surface area contributed by atoms with Gasteiger partial charge in [0.05, 0.1) is 22.9 Å². The van der Waals surface area contributed by atoms with Gasteiger partial charge in [-0.3, -0.25) is 9.48 Å². The molecule has 21 heavy (non-hydrogen) atoms. The van der Waals surface area contributed by atoms with Crippen LogP contribution in [0.15, 0.2) is 10.7 Å². The van der Waals surface area contributed by atoms with Crippen LogP contribution in [-0.4, -0.2) is 50.7 Å². The predicted octanol–water partition coefficient (Wildman–Crippen LogP) is 2.24. The maximum Gasteiger partial charge on any atom is 0.225 e. The standard InChI is InChI=1S/C13H18BrN5OS/c1-4-5-10-13(21-17-16-10)12(20)11-9(14)8-15-19(11)7-6-18(2)3/h8H,4-7H2,1-3H3. The topological polar surface area (TPSA) is 63.9 Å². The summed E-state index contributed by atoms with van der Waals surface area (Å²) >= 11 is 4.57. The summed E-state index contributed by atoms with van der Waals surface area (Å²) in [7, 11) is 3.99. The Hall–Kier alpha value is -1.12. The maximum absolute atomic E-state index is 12.8. The molecule has 0 spiro atoms. The molecule has 114 valence electrons. The van der Waals surface area contributed by atoms with Gasteiger partial charge >= 0.3 is 0 Å². The van der Waals surface area contributed by atoms with Crippen LogP contribution in [0.4, 0.5) is 0 Å². The minimum atomic E-state index is -0.0587. The van der Waals surface area contributed by atoms with Crippen molar-refractivity contribution in [2.75, 3.05) is 20.6 Å². The highest BCUT2D eigenvalue weighted by Gasteiger charge is 2.23. The first kappa shape index (κ1) is 16.3. The van der Waals surface area contributed by atoms with E-state index in [1.165, 1.54) is 0 Å². The van der Waals surface area contributed by atoms with Crippen molar-refractivity contribution in [3.63, 3.8) is 0 Å². The van der Waals surface area contributed by atoms with E-state index >= 15 is 0 Å². The summed E-state index contributed by atoms with van der Waals surface area (Å²) in [5.41, 5.74) is 1.35. The van der Waals surface area contributed by atoms with Gasteiger partial charge in [0, 0.05) is 6.54 Å². The van der Waals surface area contributed by atoms with Crippen molar-refractivity contribution in [3.05, 3.63) is 26.9 Å². The molecule has 0 aliphatic carbocycles. The number of rotatable bonds is 7. The van der Waals surface area contributed by atoms with Gasteiger partial charge in [0.25, 0.3) is 0 Å². The van der Waals surface area contributed by atoms with E-state index < -0.39 is 0 Å². The molecule has 0 unspecified atom stereocenters. The van der Waals surface area contributed by atoms with E-state index in [1.54, 1.807) is 10.9 Å². The van der Waals surface area contributed by atoms with Crippen LogP contribution in [-0.2, 0) is 13.0 Å². The molecule has 2 aromatic rings. The summed E-state index contributed by atoms with van der Waals surface area (Å²) in [5, 5.41) is 8.35. The van der Waals surface area contributed by atoms with E-state index in [0.29, 0.717) is 21.6 Å². The molecule has 0 saturated carbocycles. The number of aromatic nitrogens is 4. The van der Waals surface area contributed by atoms with Gasteiger partial charge in [-0.05, 0) is 48.0 Å². The molecule has 0 amide bonds. The number of nitrogens with zero attached hydrogens (tertiary/aromatic N) is 5. The van der Waals surface area contributed by atoms with E-state index in [1.807, 2.05) is 14.1 Å². The molecule has 0 saturated heterocycles. The number of likely N-dealkylation sites (N-methyl/N-ethyl adjacent to an activating group) is 1. The van der Waals surface area contributed by atoms with Crippen molar-refractivity contribution < 1.29 is 4.79 Å². The summed E-state index contributed by atoms with van der Waals surface area (Å²) in [6.45, 7) is 3.54. The number of halogens is 1. The molecular formula is C13H18BrN5OS. The second-order valence-electron chi connectivity index (χ2n) is 5.00. The minimum Gasteiger partial charge on any atom is -0.308 e. The first-order valence-electron chi connectivity index (χ1n) is 6.76. The fraction of sp³-hybridized carbons (Fsp3) is 0.538. The Bertz CT molecular complexity index is 622. The zero-order chi connectivity index (χ0) is 15.4. The van der Waals surface area contributed by atoms with Crippen LogP contribution in [0.2, 0.25) is 0 Å². The Kier molecular flexibility index (Phi) is 5.60. The van der Waals surface area contributed by atoms with Crippen molar-refractivity contribution >= 4 is 33.2 Å². The smallest absolute Gasteiger partial charge is 0.225 e. The highest BCUT2D eigenvalue weighted by molar-refractivity contribution is 9.10. The lowest BCUT2D eigenvalue weighted by molar-refractivity contribution is 0.103. The summed E-state index contributed by atoms with van der Waals surface area (Å²) in [5.74, 6) is -0.0587. The van der Waals surface area contributed by atoms with Gasteiger partial charge in [0.2, 0.25) is 5.78 Å². The molecule has 0 fully saturated rings. The van der Waals surface area contributed by atoms with E-state index in [4.69, 9.17) is 0 Å². The van der Waals surface area contributed by atoms with Crippen molar-refractivity contribution in [2.45, 2.75) is 26.3 Å². The van der Waals surface area contributed by atoms with Gasteiger partial charge in [-0.2, -0.15) is 5.10 Å². The van der Waals surface area contributed by atoms with Crippen LogP contribution >= 0.6 is 27.5 Å². The molecule has 0 N–H and O–H groups in total. The van der Waals surface area contributed by atoms with Crippen LogP contribution in [0, 0.1) is 0 Å². The Morgan fingerprint density at radius 3 is 2.90 bits per heavy atom. The number of carbonyl (C=O) groups is 1. The highest BCUT2D eigenvalue weighted by atomic mass is 79.9. The number of carbonyl (C=O) groups excluding carboxylic acids is 1. The van der Waals surface area contributed by atoms with Crippen LogP contribution in [0.3, 0.4) is 0 Å². The fourth-order valence-electron chi connectivity index (χ4n) is 1.94. The zero-order valence-electron chi connectivity index (χ0n) is 12.3. The van der Waals surface area contributed by atoms with E-state index in [0.717, 1.165) is 36.6 Å². The van der Waals surface area contributed by atoms with Crippen LogP contribution in [0.25, 0.3) is 0 Å². The van der Waals surface area contributed by atoms with Gasteiger partial charge in [-0.1, -0.05) is 17.8 Å². The maximum atomic E-state index is 12.8. The lowest BCUT2D eigenvalue weighted by Gasteiger charge is -2.11. The van der Waals surface area contributed by atoms with Crippen molar-refractivity contribution in [2.24, 2.45) is 0 Å². The third-order valence-corrected chi connectivity index (χ3v) is 4.36. The molecule has 0 bridgehead atoms. The first-order valence-corrected chi connectivity index (χ1v) is 8.33. The van der Waals surface area contributed by atoms with Crippen LogP contribution in [0.1, 0.15) is 34.4 Å².